The van der Waals surface area contributed by atoms with Gasteiger partial charge in [-0.15, -0.1) is 0 Å². The summed E-state index contributed by atoms with van der Waals surface area (Å²) < 4.78 is 0. The molecule has 0 rings (SSSR count). The van der Waals surface area contributed by atoms with Gasteiger partial charge in [0.25, 0.3) is 0 Å². The number of hydrogen-bond donors (Lipinski definition) is 1. The fourth-order valence-electron chi connectivity index (χ4n) is 0.983. The second-order valence-electron chi connectivity index (χ2n) is 2.97. The van der Waals surface area contributed by atoms with E-state index in [2.05, 4.69) is 23.7 Å². The van der Waals surface area contributed by atoms with Crippen LogP contribution in [-0.2, 0) is 4.79 Å². The second-order valence-corrected chi connectivity index (χ2v) is 2.97. The third-order valence-corrected chi connectivity index (χ3v) is 1.90. The number of nitrogens with zero attached hydrogens (tertiary/aromatic N) is 1. The van der Waals surface area contributed by atoms with E-state index in [0.29, 0.717) is 12.6 Å². The zero-order valence-electron chi connectivity index (χ0n) is 8.13. The minimum Gasteiger partial charge on any atom is -0.351 e. The molecule has 0 bridgehead atoms. The molecule has 0 aliphatic heterocycles. The van der Waals surface area contributed by atoms with Gasteiger partial charge in [0.2, 0.25) is 5.91 Å². The lowest BCUT2D eigenvalue weighted by molar-refractivity contribution is -0.116. The summed E-state index contributed by atoms with van der Waals surface area (Å²) in [6.07, 6.45) is 2.33. The molecule has 0 saturated carbocycles. The average molecular weight is 170 g/mol. The summed E-state index contributed by atoms with van der Waals surface area (Å²) in [4.78, 5) is 12.9. The van der Waals surface area contributed by atoms with Crippen molar-refractivity contribution in [3.8, 4) is 0 Å². The summed E-state index contributed by atoms with van der Waals surface area (Å²) in [5, 5.41) is 2.77. The largest absolute Gasteiger partial charge is 0.351 e. The Morgan fingerprint density at radius 3 is 2.58 bits per heavy atom. The minimum absolute atomic E-state index is 0.102. The van der Waals surface area contributed by atoms with Crippen LogP contribution in [0.15, 0.2) is 12.7 Å². The highest BCUT2D eigenvalue weighted by Gasteiger charge is 2.08. The molecule has 70 valence electrons. The molecule has 0 aromatic heterocycles. The van der Waals surface area contributed by atoms with Crippen molar-refractivity contribution in [3.05, 3.63) is 12.7 Å². The molecule has 3 nitrogen and oxygen atoms in total. The van der Waals surface area contributed by atoms with Gasteiger partial charge in [-0.05, 0) is 26.6 Å². The zero-order chi connectivity index (χ0) is 9.56. The van der Waals surface area contributed by atoms with Gasteiger partial charge in [-0.1, -0.05) is 13.5 Å². The number of rotatable bonds is 5. The molecule has 0 aliphatic rings. The molecule has 1 amide bonds. The van der Waals surface area contributed by atoms with Gasteiger partial charge in [-0.25, -0.2) is 0 Å². The maximum Gasteiger partial charge on any atom is 0.243 e. The van der Waals surface area contributed by atoms with Crippen LogP contribution in [0.25, 0.3) is 0 Å². The summed E-state index contributed by atoms with van der Waals surface area (Å²) in [5.41, 5.74) is 0. The second kappa shape index (κ2) is 5.77. The van der Waals surface area contributed by atoms with Crippen molar-refractivity contribution in [1.29, 1.82) is 0 Å². The summed E-state index contributed by atoms with van der Waals surface area (Å²) in [6, 6.07) is 0.411. The Bertz CT molecular complexity index is 155. The van der Waals surface area contributed by atoms with Crippen molar-refractivity contribution in [1.82, 2.24) is 10.2 Å². The quantitative estimate of drug-likeness (QED) is 0.614. The SMILES string of the molecule is C=CC(=O)NCC(CC)N(C)C. The minimum atomic E-state index is -0.102. The average Bonchev–Trinajstić information content (AvgIpc) is 2.04. The molecule has 0 spiro atoms. The first kappa shape index (κ1) is 11.2. The van der Waals surface area contributed by atoms with Gasteiger partial charge >= 0.3 is 0 Å². The van der Waals surface area contributed by atoms with E-state index in [1.807, 2.05) is 14.1 Å². The van der Waals surface area contributed by atoms with E-state index >= 15 is 0 Å². The number of likely N-dealkylation sites (N-methyl/N-ethyl adjacent to an activating group) is 1. The molecule has 1 N–H and O–H groups in total. The van der Waals surface area contributed by atoms with Crippen molar-refractivity contribution in [2.75, 3.05) is 20.6 Å². The van der Waals surface area contributed by atoms with E-state index < -0.39 is 0 Å². The highest BCUT2D eigenvalue weighted by molar-refractivity contribution is 5.86. The topological polar surface area (TPSA) is 32.3 Å². The van der Waals surface area contributed by atoms with E-state index in [4.69, 9.17) is 0 Å². The van der Waals surface area contributed by atoms with E-state index in [0.717, 1.165) is 6.42 Å². The zero-order valence-corrected chi connectivity index (χ0v) is 8.13. The molecule has 3 heteroatoms. The van der Waals surface area contributed by atoms with Gasteiger partial charge in [0.1, 0.15) is 0 Å². The van der Waals surface area contributed by atoms with E-state index in [9.17, 15) is 4.79 Å². The first-order chi connectivity index (χ1) is 5.61. The molecule has 0 aromatic carbocycles. The molecule has 0 saturated heterocycles. The van der Waals surface area contributed by atoms with E-state index in [-0.39, 0.29) is 5.91 Å². The van der Waals surface area contributed by atoms with Crippen LogP contribution in [0, 0.1) is 0 Å². The smallest absolute Gasteiger partial charge is 0.243 e. The van der Waals surface area contributed by atoms with Crippen LogP contribution in [0.1, 0.15) is 13.3 Å². The van der Waals surface area contributed by atoms with Crippen LogP contribution in [0.3, 0.4) is 0 Å². The molecule has 0 radical (unpaired) electrons. The van der Waals surface area contributed by atoms with Gasteiger partial charge in [-0.2, -0.15) is 0 Å². The van der Waals surface area contributed by atoms with Crippen LogP contribution < -0.4 is 5.32 Å². The Hall–Kier alpha value is -0.830. The van der Waals surface area contributed by atoms with Crippen LogP contribution >= 0.6 is 0 Å². The van der Waals surface area contributed by atoms with Crippen molar-refractivity contribution in [2.45, 2.75) is 19.4 Å². The molecule has 0 heterocycles. The van der Waals surface area contributed by atoms with Gasteiger partial charge in [0, 0.05) is 12.6 Å². The predicted octanol–water partition coefficient (Wildman–Crippen LogP) is 0.629. The Labute approximate surface area is 74.4 Å². The predicted molar refractivity (Wildman–Crippen MR) is 51.0 cm³/mol. The number of amides is 1. The van der Waals surface area contributed by atoms with Crippen LogP contribution in [0.2, 0.25) is 0 Å². The molecular weight excluding hydrogens is 152 g/mol. The number of nitrogens with one attached hydrogen (secondary N) is 1. The van der Waals surface area contributed by atoms with Crippen LogP contribution in [-0.4, -0.2) is 37.5 Å². The molecule has 1 unspecified atom stereocenters. The molecule has 0 aromatic rings. The molecular formula is C9H18N2O. The fraction of sp³-hybridized carbons (Fsp3) is 0.667. The number of carbonyl (C=O) groups is 1. The van der Waals surface area contributed by atoms with Gasteiger partial charge in [0.05, 0.1) is 0 Å². The Balaban J connectivity index is 3.72. The van der Waals surface area contributed by atoms with E-state index in [1.54, 1.807) is 0 Å². The van der Waals surface area contributed by atoms with Crippen LogP contribution in [0.5, 0.6) is 0 Å². The third kappa shape index (κ3) is 4.13. The molecule has 0 aliphatic carbocycles. The number of hydrogen-bond acceptors (Lipinski definition) is 2. The Morgan fingerprint density at radius 2 is 2.25 bits per heavy atom. The lowest BCUT2D eigenvalue weighted by atomic mass is 10.2. The molecule has 1 atom stereocenters. The summed E-state index contributed by atoms with van der Waals surface area (Å²) in [7, 11) is 4.02. The lowest BCUT2D eigenvalue weighted by Gasteiger charge is -2.22. The third-order valence-electron chi connectivity index (χ3n) is 1.90. The molecule has 12 heavy (non-hydrogen) atoms. The van der Waals surface area contributed by atoms with Gasteiger partial charge in [0.15, 0.2) is 0 Å². The monoisotopic (exact) mass is 170 g/mol. The maximum atomic E-state index is 10.8. The van der Waals surface area contributed by atoms with Gasteiger partial charge in [-0.3, -0.25) is 4.79 Å². The standard InChI is InChI=1S/C9H18N2O/c1-5-8(11(3)4)7-10-9(12)6-2/h6,8H,2,5,7H2,1,3-4H3,(H,10,12). The lowest BCUT2D eigenvalue weighted by Crippen LogP contribution is -2.39. The number of carbonyl (C=O) groups excluding carboxylic acids is 1. The molecule has 0 fully saturated rings. The van der Waals surface area contributed by atoms with Crippen molar-refractivity contribution in [2.24, 2.45) is 0 Å². The van der Waals surface area contributed by atoms with Crippen molar-refractivity contribution < 1.29 is 4.79 Å². The highest BCUT2D eigenvalue weighted by atomic mass is 16.1. The maximum absolute atomic E-state index is 10.8. The summed E-state index contributed by atoms with van der Waals surface area (Å²) in [6.45, 7) is 6.17. The normalized spacial score (nSPS) is 12.7. The summed E-state index contributed by atoms with van der Waals surface area (Å²) >= 11 is 0. The van der Waals surface area contributed by atoms with Crippen molar-refractivity contribution in [3.63, 3.8) is 0 Å². The van der Waals surface area contributed by atoms with Crippen LogP contribution in [0.4, 0.5) is 0 Å². The fourth-order valence-corrected chi connectivity index (χ4v) is 0.983. The van der Waals surface area contributed by atoms with Crippen molar-refractivity contribution >= 4 is 5.91 Å². The van der Waals surface area contributed by atoms with E-state index in [1.165, 1.54) is 6.08 Å². The Kier molecular flexibility index (Phi) is 5.37. The highest BCUT2D eigenvalue weighted by Crippen LogP contribution is 1.96. The van der Waals surface area contributed by atoms with Gasteiger partial charge < -0.3 is 10.2 Å². The first-order valence-electron chi connectivity index (χ1n) is 4.18. The summed E-state index contributed by atoms with van der Waals surface area (Å²) in [5.74, 6) is -0.102. The Morgan fingerprint density at radius 1 is 1.67 bits per heavy atom. The first-order valence-corrected chi connectivity index (χ1v) is 4.18.